The van der Waals surface area contributed by atoms with Crippen LogP contribution in [0, 0.1) is 6.92 Å². The number of amides is 1. The summed E-state index contributed by atoms with van der Waals surface area (Å²) in [7, 11) is 3.50. The highest BCUT2D eigenvalue weighted by Crippen LogP contribution is 2.22. The highest BCUT2D eigenvalue weighted by Gasteiger charge is 2.15. The van der Waals surface area contributed by atoms with Crippen molar-refractivity contribution in [1.29, 1.82) is 0 Å². The van der Waals surface area contributed by atoms with Gasteiger partial charge in [-0.3, -0.25) is 4.79 Å². The number of likely N-dealkylation sites (N-methyl/N-ethyl adjacent to an activating group) is 1. The fourth-order valence-electron chi connectivity index (χ4n) is 2.82. The summed E-state index contributed by atoms with van der Waals surface area (Å²) in [5.74, 6) is 0.658. The second kappa shape index (κ2) is 11.2. The second-order valence-electron chi connectivity index (χ2n) is 6.99. The molecule has 0 radical (unpaired) electrons. The normalized spacial score (nSPS) is 17.5. The Bertz CT molecular complexity index is 643. The van der Waals surface area contributed by atoms with E-state index in [1.54, 1.807) is 30.8 Å². The minimum absolute atomic E-state index is 0.0126. The van der Waals surface area contributed by atoms with Gasteiger partial charge < -0.3 is 20.3 Å². The number of nitrogens with zero attached hydrogens (tertiary/aromatic N) is 2. The van der Waals surface area contributed by atoms with Crippen molar-refractivity contribution in [3.63, 3.8) is 0 Å². The van der Waals surface area contributed by atoms with Gasteiger partial charge in [-0.15, -0.1) is 11.8 Å². The van der Waals surface area contributed by atoms with Crippen LogP contribution in [0.3, 0.4) is 0 Å². The van der Waals surface area contributed by atoms with E-state index < -0.39 is 0 Å². The number of hydrogen-bond acceptors (Lipinski definition) is 4. The average molecular weight is 393 g/mol. The Morgan fingerprint density at radius 1 is 1.33 bits per heavy atom. The maximum absolute atomic E-state index is 11.9. The summed E-state index contributed by atoms with van der Waals surface area (Å²) in [6, 6.07) is 6.41. The van der Waals surface area contributed by atoms with E-state index in [2.05, 4.69) is 42.0 Å². The fourth-order valence-corrected chi connectivity index (χ4v) is 3.52. The molecule has 1 fully saturated rings. The molecule has 1 amide bonds. The molecule has 1 heterocycles. The van der Waals surface area contributed by atoms with Crippen LogP contribution in [0.4, 0.5) is 0 Å². The molecule has 1 aromatic rings. The highest BCUT2D eigenvalue weighted by atomic mass is 32.2. The lowest BCUT2D eigenvalue weighted by Crippen LogP contribution is -2.45. The van der Waals surface area contributed by atoms with Crippen LogP contribution in [-0.4, -0.2) is 62.9 Å². The van der Waals surface area contributed by atoms with Crippen LogP contribution >= 0.6 is 11.8 Å². The van der Waals surface area contributed by atoms with E-state index in [1.807, 2.05) is 0 Å². The van der Waals surface area contributed by atoms with E-state index in [0.29, 0.717) is 19.0 Å². The van der Waals surface area contributed by atoms with Crippen molar-refractivity contribution in [3.8, 4) is 0 Å². The first-order chi connectivity index (χ1) is 13.0. The largest absolute Gasteiger partial charge is 0.376 e. The number of thioether (sulfide) groups is 1. The molecule has 1 unspecified atom stereocenters. The fraction of sp³-hybridized carbons (Fsp3) is 0.600. The van der Waals surface area contributed by atoms with Gasteiger partial charge in [0.2, 0.25) is 5.91 Å². The topological polar surface area (TPSA) is 66.0 Å². The Kier molecular flexibility index (Phi) is 8.94. The number of guanidine groups is 1. The van der Waals surface area contributed by atoms with E-state index in [-0.39, 0.29) is 18.6 Å². The average Bonchev–Trinajstić information content (AvgIpc) is 2.68. The van der Waals surface area contributed by atoms with Gasteiger partial charge in [-0.25, -0.2) is 4.99 Å². The van der Waals surface area contributed by atoms with E-state index in [1.165, 1.54) is 22.4 Å². The Morgan fingerprint density at radius 2 is 2.15 bits per heavy atom. The smallest absolute Gasteiger partial charge is 0.241 e. The molecule has 1 aromatic carbocycles. The Balaban J connectivity index is 2.02. The number of aryl methyl sites for hydroxylation is 1. The van der Waals surface area contributed by atoms with Crippen molar-refractivity contribution in [2.45, 2.75) is 43.7 Å². The van der Waals surface area contributed by atoms with Crippen molar-refractivity contribution in [1.82, 2.24) is 15.5 Å². The zero-order valence-corrected chi connectivity index (χ0v) is 17.7. The third-order valence-electron chi connectivity index (χ3n) is 4.53. The molecule has 7 heteroatoms. The van der Waals surface area contributed by atoms with E-state index >= 15 is 0 Å². The Labute approximate surface area is 167 Å². The van der Waals surface area contributed by atoms with Gasteiger partial charge in [-0.05, 0) is 49.6 Å². The number of nitrogens with one attached hydrogen (secondary N) is 2. The lowest BCUT2D eigenvalue weighted by molar-refractivity contribution is -0.127. The van der Waals surface area contributed by atoms with Crippen LogP contribution < -0.4 is 10.6 Å². The van der Waals surface area contributed by atoms with Crippen LogP contribution in [0.2, 0.25) is 0 Å². The van der Waals surface area contributed by atoms with Crippen molar-refractivity contribution >= 4 is 23.6 Å². The van der Waals surface area contributed by atoms with Gasteiger partial charge in [-0.2, -0.15) is 0 Å². The lowest BCUT2D eigenvalue weighted by Gasteiger charge is -2.24. The van der Waals surface area contributed by atoms with Gasteiger partial charge in [0.05, 0.1) is 19.2 Å². The molecule has 0 aromatic heterocycles. The zero-order chi connectivity index (χ0) is 19.6. The molecule has 2 rings (SSSR count). The molecule has 0 spiro atoms. The van der Waals surface area contributed by atoms with E-state index in [9.17, 15) is 4.79 Å². The van der Waals surface area contributed by atoms with Gasteiger partial charge in [-0.1, -0.05) is 12.1 Å². The molecular formula is C20H32N4O2S. The molecule has 1 saturated heterocycles. The molecule has 0 bridgehead atoms. The molecule has 150 valence electrons. The summed E-state index contributed by atoms with van der Waals surface area (Å²) >= 11 is 1.73. The van der Waals surface area contributed by atoms with Crippen LogP contribution in [0.5, 0.6) is 0 Å². The van der Waals surface area contributed by atoms with Crippen LogP contribution in [-0.2, 0) is 16.1 Å². The van der Waals surface area contributed by atoms with Crippen molar-refractivity contribution in [3.05, 3.63) is 29.3 Å². The Morgan fingerprint density at radius 3 is 2.81 bits per heavy atom. The third-order valence-corrected chi connectivity index (χ3v) is 5.35. The quantitative estimate of drug-likeness (QED) is 0.424. The standard InChI is InChI=1S/C20H32N4O2S/c1-15-8-9-16(18(11-15)27-4)12-21-20(23-14-19(25)24(2)3)22-13-17-7-5-6-10-26-17/h8-9,11,17H,5-7,10,12-14H2,1-4H3,(H2,21,22,23). The van der Waals surface area contributed by atoms with Gasteiger partial charge in [0.1, 0.15) is 0 Å². The van der Waals surface area contributed by atoms with Gasteiger partial charge in [0.25, 0.3) is 0 Å². The highest BCUT2D eigenvalue weighted by molar-refractivity contribution is 7.98. The molecule has 6 nitrogen and oxygen atoms in total. The van der Waals surface area contributed by atoms with Crippen LogP contribution in [0.15, 0.2) is 28.1 Å². The first-order valence-electron chi connectivity index (χ1n) is 9.47. The summed E-state index contributed by atoms with van der Waals surface area (Å²) < 4.78 is 5.78. The number of aliphatic imine (C=N–C) groups is 1. The molecule has 2 N–H and O–H groups in total. The van der Waals surface area contributed by atoms with Gasteiger partial charge >= 0.3 is 0 Å². The van der Waals surface area contributed by atoms with Crippen LogP contribution in [0.25, 0.3) is 0 Å². The van der Waals surface area contributed by atoms with E-state index in [4.69, 9.17) is 9.73 Å². The third kappa shape index (κ3) is 7.42. The Hall–Kier alpha value is -1.73. The van der Waals surface area contributed by atoms with Crippen molar-refractivity contribution in [2.24, 2.45) is 4.99 Å². The van der Waals surface area contributed by atoms with E-state index in [0.717, 1.165) is 19.4 Å². The zero-order valence-electron chi connectivity index (χ0n) is 16.9. The van der Waals surface area contributed by atoms with Crippen molar-refractivity contribution in [2.75, 3.05) is 40.0 Å². The van der Waals surface area contributed by atoms with Gasteiger partial charge in [0.15, 0.2) is 5.96 Å². The second-order valence-corrected chi connectivity index (χ2v) is 7.84. The number of rotatable bonds is 7. The first kappa shape index (κ1) is 21.6. The van der Waals surface area contributed by atoms with Crippen LogP contribution in [0.1, 0.15) is 30.4 Å². The van der Waals surface area contributed by atoms with Crippen molar-refractivity contribution < 1.29 is 9.53 Å². The molecule has 0 saturated carbocycles. The summed E-state index contributed by atoms with van der Waals surface area (Å²) in [4.78, 5) is 19.4. The minimum Gasteiger partial charge on any atom is -0.376 e. The molecule has 0 aliphatic carbocycles. The maximum Gasteiger partial charge on any atom is 0.241 e. The first-order valence-corrected chi connectivity index (χ1v) is 10.7. The number of hydrogen-bond donors (Lipinski definition) is 2. The van der Waals surface area contributed by atoms with Gasteiger partial charge in [0, 0.05) is 32.1 Å². The lowest BCUT2D eigenvalue weighted by atomic mass is 10.1. The summed E-state index contributed by atoms with van der Waals surface area (Å²) in [5, 5.41) is 6.48. The predicted molar refractivity (Wildman–Crippen MR) is 112 cm³/mol. The monoisotopic (exact) mass is 392 g/mol. The maximum atomic E-state index is 11.9. The summed E-state index contributed by atoms with van der Waals surface area (Å²) in [6.45, 7) is 4.40. The number of carbonyl (C=O) groups is 1. The number of ether oxygens (including phenoxy) is 1. The predicted octanol–water partition coefficient (Wildman–Crippen LogP) is 2.41. The molecule has 27 heavy (non-hydrogen) atoms. The SMILES string of the molecule is CSc1cc(C)ccc1CN=C(NCC(=O)N(C)C)NCC1CCCCO1. The molecule has 1 atom stereocenters. The number of benzene rings is 1. The number of carbonyl (C=O) groups excluding carboxylic acids is 1. The molecule has 1 aliphatic heterocycles. The summed E-state index contributed by atoms with van der Waals surface area (Å²) in [6.07, 6.45) is 5.68. The summed E-state index contributed by atoms with van der Waals surface area (Å²) in [5.41, 5.74) is 2.43. The minimum atomic E-state index is 0.0126. The molecule has 1 aliphatic rings. The molecular weight excluding hydrogens is 360 g/mol.